The van der Waals surface area contributed by atoms with E-state index in [4.69, 9.17) is 0 Å². The molecule has 1 aromatic rings. The number of anilines is 1. The molecule has 0 saturated heterocycles. The highest BCUT2D eigenvalue weighted by molar-refractivity contribution is 5.96. The second-order valence-electron chi connectivity index (χ2n) is 6.68. The molecule has 3 N–H and O–H groups in total. The van der Waals surface area contributed by atoms with Gasteiger partial charge in [-0.1, -0.05) is 13.8 Å². The molecular weight excluding hydrogens is 299 g/mol. The predicted molar refractivity (Wildman–Crippen MR) is 85.6 cm³/mol. The van der Waals surface area contributed by atoms with Crippen molar-refractivity contribution in [2.75, 3.05) is 18.5 Å². The summed E-state index contributed by atoms with van der Waals surface area (Å²) >= 11 is 0. The quantitative estimate of drug-likeness (QED) is 0.721. The third kappa shape index (κ3) is 4.76. The number of amides is 2. The van der Waals surface area contributed by atoms with Crippen LogP contribution in [0, 0.1) is 17.2 Å². The number of halogens is 1. The second kappa shape index (κ2) is 7.08. The fraction of sp³-hybridized carbons (Fsp3) is 0.529. The molecule has 0 spiro atoms. The highest BCUT2D eigenvalue weighted by Gasteiger charge is 2.42. The first-order valence-electron chi connectivity index (χ1n) is 7.84. The van der Waals surface area contributed by atoms with Crippen LogP contribution >= 0.6 is 0 Å². The average molecular weight is 322 g/mol. The second-order valence-corrected chi connectivity index (χ2v) is 6.68. The molecule has 1 aliphatic rings. The third-order valence-corrected chi connectivity index (χ3v) is 4.02. The SMILES string of the molecule is CC(C)CC(=O)Nc1ccc(C(=O)NCC2(CO)CC2)cc1F. The number of hydrogen-bond donors (Lipinski definition) is 3. The summed E-state index contributed by atoms with van der Waals surface area (Å²) in [5.74, 6) is -1.10. The van der Waals surface area contributed by atoms with Gasteiger partial charge in [-0.25, -0.2) is 4.39 Å². The number of benzene rings is 1. The van der Waals surface area contributed by atoms with Gasteiger partial charge in [-0.05, 0) is 37.0 Å². The highest BCUT2D eigenvalue weighted by Crippen LogP contribution is 2.44. The molecule has 0 unspecified atom stereocenters. The zero-order chi connectivity index (χ0) is 17.0. The summed E-state index contributed by atoms with van der Waals surface area (Å²) in [6.45, 7) is 4.24. The molecule has 126 valence electrons. The van der Waals surface area contributed by atoms with Crippen LogP contribution in [0.1, 0.15) is 43.5 Å². The van der Waals surface area contributed by atoms with Crippen LogP contribution < -0.4 is 10.6 Å². The van der Waals surface area contributed by atoms with Gasteiger partial charge in [0.2, 0.25) is 5.91 Å². The van der Waals surface area contributed by atoms with Gasteiger partial charge in [0.1, 0.15) is 5.82 Å². The molecule has 0 aliphatic heterocycles. The molecule has 1 aromatic carbocycles. The number of carbonyl (C=O) groups excluding carboxylic acids is 2. The van der Waals surface area contributed by atoms with Crippen LogP contribution in [-0.4, -0.2) is 30.1 Å². The Balaban J connectivity index is 1.95. The number of aliphatic hydroxyl groups is 1. The summed E-state index contributed by atoms with van der Waals surface area (Å²) in [4.78, 5) is 23.7. The van der Waals surface area contributed by atoms with E-state index in [0.29, 0.717) is 13.0 Å². The van der Waals surface area contributed by atoms with Gasteiger partial charge in [-0.2, -0.15) is 0 Å². The molecule has 1 saturated carbocycles. The lowest BCUT2D eigenvalue weighted by molar-refractivity contribution is -0.116. The van der Waals surface area contributed by atoms with Gasteiger partial charge in [0.05, 0.1) is 12.3 Å². The standard InChI is InChI=1S/C17H23FN2O3/c1-11(2)7-15(22)20-14-4-3-12(8-13(14)18)16(23)19-9-17(10-21)5-6-17/h3-4,8,11,21H,5-7,9-10H2,1-2H3,(H,19,23)(H,20,22). The summed E-state index contributed by atoms with van der Waals surface area (Å²) in [7, 11) is 0. The maximum Gasteiger partial charge on any atom is 0.251 e. The largest absolute Gasteiger partial charge is 0.396 e. The number of hydrogen-bond acceptors (Lipinski definition) is 3. The van der Waals surface area contributed by atoms with Crippen molar-refractivity contribution in [3.8, 4) is 0 Å². The molecule has 23 heavy (non-hydrogen) atoms. The Morgan fingerprint density at radius 3 is 2.57 bits per heavy atom. The van der Waals surface area contributed by atoms with Gasteiger partial charge in [-0.3, -0.25) is 9.59 Å². The normalized spacial score (nSPS) is 15.3. The van der Waals surface area contributed by atoms with Crippen molar-refractivity contribution in [3.63, 3.8) is 0 Å². The van der Waals surface area contributed by atoms with E-state index in [2.05, 4.69) is 10.6 Å². The van der Waals surface area contributed by atoms with Crippen LogP contribution in [0.3, 0.4) is 0 Å². The topological polar surface area (TPSA) is 78.4 Å². The smallest absolute Gasteiger partial charge is 0.251 e. The average Bonchev–Trinajstić information content (AvgIpc) is 3.26. The summed E-state index contributed by atoms with van der Waals surface area (Å²) in [6, 6.07) is 3.97. The van der Waals surface area contributed by atoms with Crippen LogP contribution in [0.25, 0.3) is 0 Å². The van der Waals surface area contributed by atoms with E-state index < -0.39 is 5.82 Å². The van der Waals surface area contributed by atoms with Gasteiger partial charge >= 0.3 is 0 Å². The first-order valence-corrected chi connectivity index (χ1v) is 7.84. The maximum atomic E-state index is 14.0. The van der Waals surface area contributed by atoms with Crippen LogP contribution in [0.5, 0.6) is 0 Å². The van der Waals surface area contributed by atoms with Crippen LogP contribution in [0.2, 0.25) is 0 Å². The number of aliphatic hydroxyl groups excluding tert-OH is 1. The highest BCUT2D eigenvalue weighted by atomic mass is 19.1. The number of carbonyl (C=O) groups is 2. The van der Waals surface area contributed by atoms with Gasteiger partial charge < -0.3 is 15.7 Å². The Hall–Kier alpha value is -1.95. The molecule has 0 heterocycles. The molecule has 0 bridgehead atoms. The third-order valence-electron chi connectivity index (χ3n) is 4.02. The maximum absolute atomic E-state index is 14.0. The van der Waals surface area contributed by atoms with Crippen molar-refractivity contribution in [2.45, 2.75) is 33.1 Å². The molecule has 6 heteroatoms. The van der Waals surface area contributed by atoms with Crippen molar-refractivity contribution in [3.05, 3.63) is 29.6 Å². The van der Waals surface area contributed by atoms with Gasteiger partial charge in [0, 0.05) is 23.9 Å². The zero-order valence-corrected chi connectivity index (χ0v) is 13.5. The van der Waals surface area contributed by atoms with E-state index in [0.717, 1.165) is 18.9 Å². The minimum Gasteiger partial charge on any atom is -0.396 e. The van der Waals surface area contributed by atoms with Crippen molar-refractivity contribution in [1.29, 1.82) is 0 Å². The molecule has 0 atom stereocenters. The fourth-order valence-corrected chi connectivity index (χ4v) is 2.27. The minimum atomic E-state index is -0.641. The van der Waals surface area contributed by atoms with E-state index in [-0.39, 0.29) is 41.0 Å². The fourth-order valence-electron chi connectivity index (χ4n) is 2.27. The molecular formula is C17H23FN2O3. The Bertz CT molecular complexity index is 598. The minimum absolute atomic E-state index is 0.0441. The lowest BCUT2D eigenvalue weighted by Gasteiger charge is -2.13. The van der Waals surface area contributed by atoms with E-state index in [1.807, 2.05) is 13.8 Å². The zero-order valence-electron chi connectivity index (χ0n) is 13.5. The van der Waals surface area contributed by atoms with E-state index in [1.54, 1.807) is 0 Å². The van der Waals surface area contributed by atoms with Crippen molar-refractivity contribution in [1.82, 2.24) is 5.32 Å². The summed E-state index contributed by atoms with van der Waals surface area (Å²) in [5, 5.41) is 14.4. The molecule has 2 amide bonds. The van der Waals surface area contributed by atoms with Gasteiger partial charge in [0.25, 0.3) is 5.91 Å². The lowest BCUT2D eigenvalue weighted by Crippen LogP contribution is -2.31. The van der Waals surface area contributed by atoms with Gasteiger partial charge in [0.15, 0.2) is 0 Å². The Morgan fingerprint density at radius 2 is 2.04 bits per heavy atom. The molecule has 1 fully saturated rings. The van der Waals surface area contributed by atoms with E-state index >= 15 is 0 Å². The van der Waals surface area contributed by atoms with Crippen LogP contribution in [0.4, 0.5) is 10.1 Å². The molecule has 1 aliphatic carbocycles. The van der Waals surface area contributed by atoms with Crippen LogP contribution in [-0.2, 0) is 4.79 Å². The Labute approximate surface area is 135 Å². The summed E-state index contributed by atoms with van der Waals surface area (Å²) in [5.41, 5.74) is 0.0678. The van der Waals surface area contributed by atoms with Crippen molar-refractivity contribution in [2.24, 2.45) is 11.3 Å². The molecule has 5 nitrogen and oxygen atoms in total. The number of nitrogens with one attached hydrogen (secondary N) is 2. The first-order chi connectivity index (χ1) is 10.8. The lowest BCUT2D eigenvalue weighted by atomic mass is 10.1. The van der Waals surface area contributed by atoms with Crippen molar-refractivity contribution >= 4 is 17.5 Å². The van der Waals surface area contributed by atoms with E-state index in [1.165, 1.54) is 12.1 Å². The molecule has 0 aromatic heterocycles. The molecule has 0 radical (unpaired) electrons. The van der Waals surface area contributed by atoms with E-state index in [9.17, 15) is 19.1 Å². The van der Waals surface area contributed by atoms with Gasteiger partial charge in [-0.15, -0.1) is 0 Å². The van der Waals surface area contributed by atoms with Crippen molar-refractivity contribution < 1.29 is 19.1 Å². The summed E-state index contributed by atoms with van der Waals surface area (Å²) < 4.78 is 14.0. The predicted octanol–water partition coefficient (Wildman–Crippen LogP) is 2.31. The Kier molecular flexibility index (Phi) is 5.36. The monoisotopic (exact) mass is 322 g/mol. The molecule has 2 rings (SSSR count). The number of rotatable bonds is 7. The first kappa shape index (κ1) is 17.4. The summed E-state index contributed by atoms with van der Waals surface area (Å²) in [6.07, 6.45) is 2.09. The Morgan fingerprint density at radius 1 is 1.35 bits per heavy atom. The van der Waals surface area contributed by atoms with Crippen LogP contribution in [0.15, 0.2) is 18.2 Å².